The van der Waals surface area contributed by atoms with Gasteiger partial charge in [0.25, 0.3) is 5.91 Å². The molecule has 1 heterocycles. The zero-order valence-corrected chi connectivity index (χ0v) is 13.9. The van der Waals surface area contributed by atoms with Gasteiger partial charge in [0.05, 0.1) is 0 Å². The summed E-state index contributed by atoms with van der Waals surface area (Å²) in [5.74, 6) is 1.61. The molecule has 1 aliphatic heterocycles. The Labute approximate surface area is 129 Å². The number of hydrogen-bond donors (Lipinski definition) is 0. The van der Waals surface area contributed by atoms with Gasteiger partial charge in [-0.1, -0.05) is 36.7 Å². The number of ether oxygens (including phenoxy) is 1. The van der Waals surface area contributed by atoms with Crippen molar-refractivity contribution in [1.29, 1.82) is 0 Å². The molecule has 1 aliphatic rings. The van der Waals surface area contributed by atoms with E-state index in [9.17, 15) is 4.79 Å². The Hall–Kier alpha value is -1.03. The van der Waals surface area contributed by atoms with E-state index in [2.05, 4.69) is 22.9 Å². The summed E-state index contributed by atoms with van der Waals surface area (Å²) in [4.78, 5) is 14.5. The van der Waals surface area contributed by atoms with E-state index in [1.165, 1.54) is 0 Å². The quantitative estimate of drug-likeness (QED) is 0.836. The van der Waals surface area contributed by atoms with Gasteiger partial charge in [-0.25, -0.2) is 0 Å². The summed E-state index contributed by atoms with van der Waals surface area (Å²) in [6.45, 7) is 7.95. The van der Waals surface area contributed by atoms with Gasteiger partial charge >= 0.3 is 0 Å². The Morgan fingerprint density at radius 3 is 2.50 bits per heavy atom. The smallest absolute Gasteiger partial charge is 0.263 e. The molecule has 2 rings (SSSR count). The Kier molecular flexibility index (Phi) is 5.08. The van der Waals surface area contributed by atoms with E-state index in [-0.39, 0.29) is 11.8 Å². The zero-order chi connectivity index (χ0) is 14.7. The standard InChI is InChI=1S/C16H22BrNO2/c1-11(2)15(16(19)18-9-8-12(3)10-18)20-14-6-4-13(17)5-7-14/h4-7,11-12,15H,8-10H2,1-3H3. The normalized spacial score (nSPS) is 20.2. The molecule has 20 heavy (non-hydrogen) atoms. The van der Waals surface area contributed by atoms with Crippen molar-refractivity contribution in [1.82, 2.24) is 4.90 Å². The molecule has 1 saturated heterocycles. The number of carbonyl (C=O) groups excluding carboxylic acids is 1. The first-order chi connectivity index (χ1) is 9.47. The molecular weight excluding hydrogens is 318 g/mol. The monoisotopic (exact) mass is 339 g/mol. The van der Waals surface area contributed by atoms with Crippen molar-refractivity contribution in [3.63, 3.8) is 0 Å². The lowest BCUT2D eigenvalue weighted by Crippen LogP contribution is -2.43. The van der Waals surface area contributed by atoms with E-state index in [4.69, 9.17) is 4.74 Å². The first-order valence-corrected chi connectivity index (χ1v) is 7.97. The van der Waals surface area contributed by atoms with Gasteiger partial charge in [-0.15, -0.1) is 0 Å². The van der Waals surface area contributed by atoms with Crippen LogP contribution in [0.4, 0.5) is 0 Å². The maximum Gasteiger partial charge on any atom is 0.263 e. The second kappa shape index (κ2) is 6.61. The van der Waals surface area contributed by atoms with E-state index in [0.29, 0.717) is 5.92 Å². The van der Waals surface area contributed by atoms with Crippen LogP contribution in [0.15, 0.2) is 28.7 Å². The van der Waals surface area contributed by atoms with E-state index < -0.39 is 6.10 Å². The van der Waals surface area contributed by atoms with Crippen LogP contribution in [0.5, 0.6) is 5.75 Å². The molecule has 0 N–H and O–H groups in total. The van der Waals surface area contributed by atoms with E-state index in [1.807, 2.05) is 43.0 Å². The van der Waals surface area contributed by atoms with Crippen LogP contribution < -0.4 is 4.74 Å². The average molecular weight is 340 g/mol. The molecule has 0 bridgehead atoms. The van der Waals surface area contributed by atoms with Gasteiger partial charge < -0.3 is 9.64 Å². The molecule has 110 valence electrons. The molecule has 1 aromatic carbocycles. The van der Waals surface area contributed by atoms with Crippen molar-refractivity contribution in [2.75, 3.05) is 13.1 Å². The molecule has 4 heteroatoms. The first-order valence-electron chi connectivity index (χ1n) is 7.18. The van der Waals surface area contributed by atoms with Crippen LogP contribution in [0, 0.1) is 11.8 Å². The van der Waals surface area contributed by atoms with E-state index in [1.54, 1.807) is 0 Å². The molecule has 0 aliphatic carbocycles. The van der Waals surface area contributed by atoms with Crippen LogP contribution in [0.3, 0.4) is 0 Å². The summed E-state index contributed by atoms with van der Waals surface area (Å²) in [6.07, 6.45) is 0.691. The predicted octanol–water partition coefficient (Wildman–Crippen LogP) is 3.72. The van der Waals surface area contributed by atoms with Crippen LogP contribution in [0.2, 0.25) is 0 Å². The van der Waals surface area contributed by atoms with Gasteiger partial charge in [0, 0.05) is 17.6 Å². The summed E-state index contributed by atoms with van der Waals surface area (Å²) in [6, 6.07) is 7.63. The van der Waals surface area contributed by atoms with Crippen molar-refractivity contribution in [2.45, 2.75) is 33.3 Å². The Bertz CT molecular complexity index is 458. The van der Waals surface area contributed by atoms with Gasteiger partial charge in [-0.3, -0.25) is 4.79 Å². The minimum Gasteiger partial charge on any atom is -0.480 e. The van der Waals surface area contributed by atoms with Crippen LogP contribution in [-0.4, -0.2) is 30.0 Å². The maximum atomic E-state index is 12.6. The number of carbonyl (C=O) groups is 1. The number of halogens is 1. The van der Waals surface area contributed by atoms with Gasteiger partial charge in [-0.2, -0.15) is 0 Å². The molecule has 0 spiro atoms. The average Bonchev–Trinajstić information content (AvgIpc) is 2.83. The topological polar surface area (TPSA) is 29.5 Å². The fourth-order valence-electron chi connectivity index (χ4n) is 2.45. The van der Waals surface area contributed by atoms with E-state index in [0.717, 1.165) is 29.7 Å². The van der Waals surface area contributed by atoms with E-state index >= 15 is 0 Å². The minimum atomic E-state index is -0.401. The van der Waals surface area contributed by atoms with Gasteiger partial charge in [-0.05, 0) is 42.5 Å². The fourth-order valence-corrected chi connectivity index (χ4v) is 2.71. The van der Waals surface area contributed by atoms with Gasteiger partial charge in [0.15, 0.2) is 6.10 Å². The SMILES string of the molecule is CC1CCN(C(=O)C(Oc2ccc(Br)cc2)C(C)C)C1. The summed E-state index contributed by atoms with van der Waals surface area (Å²) in [5, 5.41) is 0. The summed E-state index contributed by atoms with van der Waals surface area (Å²) in [7, 11) is 0. The highest BCUT2D eigenvalue weighted by atomic mass is 79.9. The Morgan fingerprint density at radius 1 is 1.35 bits per heavy atom. The number of amides is 1. The molecule has 0 saturated carbocycles. The molecule has 0 radical (unpaired) electrons. The molecule has 1 aromatic rings. The lowest BCUT2D eigenvalue weighted by molar-refractivity contribution is -0.139. The Morgan fingerprint density at radius 2 is 2.00 bits per heavy atom. The lowest BCUT2D eigenvalue weighted by Gasteiger charge is -2.26. The first kappa shape index (κ1) is 15.4. The summed E-state index contributed by atoms with van der Waals surface area (Å²) >= 11 is 3.40. The van der Waals surface area contributed by atoms with Crippen molar-refractivity contribution < 1.29 is 9.53 Å². The molecule has 2 unspecified atom stereocenters. The molecule has 3 nitrogen and oxygen atoms in total. The number of benzene rings is 1. The third-order valence-electron chi connectivity index (χ3n) is 3.66. The number of likely N-dealkylation sites (tertiary alicyclic amines) is 1. The minimum absolute atomic E-state index is 0.118. The highest BCUT2D eigenvalue weighted by Crippen LogP contribution is 2.23. The van der Waals surface area contributed by atoms with Crippen LogP contribution in [0.25, 0.3) is 0 Å². The molecular formula is C16H22BrNO2. The van der Waals surface area contributed by atoms with Crippen molar-refractivity contribution >= 4 is 21.8 Å². The summed E-state index contributed by atoms with van der Waals surface area (Å²) in [5.41, 5.74) is 0. The van der Waals surface area contributed by atoms with Crippen molar-refractivity contribution in [2.24, 2.45) is 11.8 Å². The fraction of sp³-hybridized carbons (Fsp3) is 0.562. The van der Waals surface area contributed by atoms with Crippen LogP contribution >= 0.6 is 15.9 Å². The number of rotatable bonds is 4. The van der Waals surface area contributed by atoms with Crippen LogP contribution in [-0.2, 0) is 4.79 Å². The van der Waals surface area contributed by atoms with Gasteiger partial charge in [0.1, 0.15) is 5.75 Å². The van der Waals surface area contributed by atoms with Crippen molar-refractivity contribution in [3.8, 4) is 5.75 Å². The largest absolute Gasteiger partial charge is 0.480 e. The van der Waals surface area contributed by atoms with Crippen LogP contribution in [0.1, 0.15) is 27.2 Å². The highest BCUT2D eigenvalue weighted by molar-refractivity contribution is 9.10. The predicted molar refractivity (Wildman–Crippen MR) is 83.8 cm³/mol. The third kappa shape index (κ3) is 3.75. The van der Waals surface area contributed by atoms with Gasteiger partial charge in [0.2, 0.25) is 0 Å². The Balaban J connectivity index is 2.06. The maximum absolute atomic E-state index is 12.6. The molecule has 0 aromatic heterocycles. The lowest BCUT2D eigenvalue weighted by atomic mass is 10.1. The summed E-state index contributed by atoms with van der Waals surface area (Å²) < 4.78 is 6.93. The zero-order valence-electron chi connectivity index (χ0n) is 12.3. The van der Waals surface area contributed by atoms with Crippen molar-refractivity contribution in [3.05, 3.63) is 28.7 Å². The molecule has 1 fully saturated rings. The molecule has 2 atom stereocenters. The number of nitrogens with zero attached hydrogens (tertiary/aromatic N) is 1. The third-order valence-corrected chi connectivity index (χ3v) is 4.19. The second-order valence-corrected chi connectivity index (χ2v) is 6.83. The number of hydrogen-bond acceptors (Lipinski definition) is 2. The second-order valence-electron chi connectivity index (χ2n) is 5.91. The molecule has 1 amide bonds. The highest BCUT2D eigenvalue weighted by Gasteiger charge is 2.32.